The fourth-order valence-corrected chi connectivity index (χ4v) is 5.56. The first-order chi connectivity index (χ1) is 16.5. The number of rotatable bonds is 5. The Balaban J connectivity index is 1.34. The summed E-state index contributed by atoms with van der Waals surface area (Å²) >= 11 is 1.57. The molecule has 1 aromatic carbocycles. The molecule has 2 amide bonds. The van der Waals surface area contributed by atoms with Crippen LogP contribution in [0.1, 0.15) is 22.9 Å². The minimum absolute atomic E-state index is 0.0362. The Morgan fingerprint density at radius 1 is 1.06 bits per heavy atom. The quantitative estimate of drug-likeness (QED) is 0.606. The number of benzene rings is 1. The van der Waals surface area contributed by atoms with Gasteiger partial charge in [0.15, 0.2) is 0 Å². The summed E-state index contributed by atoms with van der Waals surface area (Å²) in [6, 6.07) is 15.4. The van der Waals surface area contributed by atoms with Gasteiger partial charge in [-0.25, -0.2) is 4.98 Å². The second kappa shape index (κ2) is 9.56. The van der Waals surface area contributed by atoms with Gasteiger partial charge in [0.25, 0.3) is 0 Å². The van der Waals surface area contributed by atoms with E-state index in [1.165, 1.54) is 0 Å². The first-order valence-electron chi connectivity index (χ1n) is 11.6. The molecule has 0 bridgehead atoms. The number of carbonyl (C=O) groups excluding carboxylic acids is 2. The molecule has 2 aliphatic rings. The molecule has 2 fully saturated rings. The van der Waals surface area contributed by atoms with E-state index in [4.69, 9.17) is 0 Å². The average Bonchev–Trinajstić information content (AvgIpc) is 3.49. The van der Waals surface area contributed by atoms with Crippen molar-refractivity contribution in [2.24, 2.45) is 5.92 Å². The molecule has 2 unspecified atom stereocenters. The molecule has 0 spiro atoms. The molecule has 2 atom stereocenters. The monoisotopic (exact) mass is 475 g/mol. The van der Waals surface area contributed by atoms with Gasteiger partial charge < -0.3 is 20.0 Å². The van der Waals surface area contributed by atoms with Crippen molar-refractivity contribution in [1.82, 2.24) is 9.88 Å². The number of piperazine rings is 1. The SMILES string of the molecule is Cc1ccc(N2C(=O)CC(C(=O)Nc3ccc(N4CCN(C)CC4)nc3)C2c2cccs2)cc1. The van der Waals surface area contributed by atoms with Gasteiger partial charge >= 0.3 is 0 Å². The van der Waals surface area contributed by atoms with Gasteiger partial charge in [0.05, 0.1) is 23.8 Å². The maximum atomic E-state index is 13.4. The molecular formula is C26H29N5O2S. The minimum atomic E-state index is -0.482. The Kier molecular flexibility index (Phi) is 6.34. The lowest BCUT2D eigenvalue weighted by molar-refractivity contribution is -0.122. The fourth-order valence-electron chi connectivity index (χ4n) is 4.68. The van der Waals surface area contributed by atoms with Crippen molar-refractivity contribution in [2.45, 2.75) is 19.4 Å². The van der Waals surface area contributed by atoms with E-state index in [9.17, 15) is 9.59 Å². The Morgan fingerprint density at radius 3 is 2.47 bits per heavy atom. The number of hydrogen-bond donors (Lipinski definition) is 1. The van der Waals surface area contributed by atoms with Crippen LogP contribution in [-0.2, 0) is 9.59 Å². The third kappa shape index (κ3) is 4.56. The summed E-state index contributed by atoms with van der Waals surface area (Å²) in [4.78, 5) is 38.4. The molecule has 7 nitrogen and oxygen atoms in total. The van der Waals surface area contributed by atoms with Crippen LogP contribution in [-0.4, -0.2) is 54.9 Å². The maximum Gasteiger partial charge on any atom is 0.230 e. The lowest BCUT2D eigenvalue weighted by atomic mass is 9.97. The van der Waals surface area contributed by atoms with Gasteiger partial charge in [-0.3, -0.25) is 9.59 Å². The number of amides is 2. The summed E-state index contributed by atoms with van der Waals surface area (Å²) in [5.41, 5.74) is 2.60. The van der Waals surface area contributed by atoms with Crippen LogP contribution >= 0.6 is 11.3 Å². The average molecular weight is 476 g/mol. The standard InChI is InChI=1S/C26H29N5O2S/c1-18-5-8-20(9-6-18)31-24(32)16-21(25(31)22-4-3-15-34-22)26(33)28-19-7-10-23(27-17-19)30-13-11-29(2)12-14-30/h3-10,15,17,21,25H,11-14,16H2,1-2H3,(H,28,33). The van der Waals surface area contributed by atoms with Gasteiger partial charge in [0.1, 0.15) is 5.82 Å². The number of pyridine rings is 1. The van der Waals surface area contributed by atoms with E-state index in [-0.39, 0.29) is 24.3 Å². The first-order valence-corrected chi connectivity index (χ1v) is 12.5. The predicted octanol–water partition coefficient (Wildman–Crippen LogP) is 3.94. The zero-order valence-corrected chi connectivity index (χ0v) is 20.3. The third-order valence-electron chi connectivity index (χ3n) is 6.65. The summed E-state index contributed by atoms with van der Waals surface area (Å²) in [6.45, 7) is 5.92. The topological polar surface area (TPSA) is 68.8 Å². The van der Waals surface area contributed by atoms with Crippen molar-refractivity contribution in [3.63, 3.8) is 0 Å². The highest BCUT2D eigenvalue weighted by atomic mass is 32.1. The lowest BCUT2D eigenvalue weighted by Crippen LogP contribution is -2.44. The molecule has 4 heterocycles. The molecule has 176 valence electrons. The molecule has 2 saturated heterocycles. The largest absolute Gasteiger partial charge is 0.354 e. The smallest absolute Gasteiger partial charge is 0.230 e. The lowest BCUT2D eigenvalue weighted by Gasteiger charge is -2.33. The zero-order chi connectivity index (χ0) is 23.7. The van der Waals surface area contributed by atoms with E-state index in [2.05, 4.69) is 27.1 Å². The molecule has 2 aromatic heterocycles. The second-order valence-electron chi connectivity index (χ2n) is 9.05. The molecule has 5 rings (SSSR count). The highest BCUT2D eigenvalue weighted by Crippen LogP contribution is 2.43. The number of carbonyl (C=O) groups is 2. The minimum Gasteiger partial charge on any atom is -0.354 e. The zero-order valence-electron chi connectivity index (χ0n) is 19.5. The highest BCUT2D eigenvalue weighted by Gasteiger charge is 2.45. The van der Waals surface area contributed by atoms with Crippen LogP contribution in [0.5, 0.6) is 0 Å². The number of aryl methyl sites for hydroxylation is 1. The Bertz CT molecular complexity index is 1140. The van der Waals surface area contributed by atoms with Crippen LogP contribution in [0.3, 0.4) is 0 Å². The van der Waals surface area contributed by atoms with E-state index < -0.39 is 5.92 Å². The molecule has 3 aromatic rings. The van der Waals surface area contributed by atoms with Crippen LogP contribution < -0.4 is 15.1 Å². The maximum absolute atomic E-state index is 13.4. The Hall–Kier alpha value is -3.23. The normalized spacial score (nSPS) is 21.2. The van der Waals surface area contributed by atoms with Crippen LogP contribution in [0.15, 0.2) is 60.1 Å². The van der Waals surface area contributed by atoms with E-state index in [1.807, 2.05) is 60.8 Å². The first kappa shape index (κ1) is 22.6. The molecular weight excluding hydrogens is 446 g/mol. The number of nitrogens with zero attached hydrogens (tertiary/aromatic N) is 4. The molecule has 34 heavy (non-hydrogen) atoms. The second-order valence-corrected chi connectivity index (χ2v) is 10.0. The summed E-state index contributed by atoms with van der Waals surface area (Å²) in [5.74, 6) is 0.246. The number of aromatic nitrogens is 1. The number of nitrogens with one attached hydrogen (secondary N) is 1. The molecule has 0 radical (unpaired) electrons. The molecule has 8 heteroatoms. The van der Waals surface area contributed by atoms with E-state index in [1.54, 1.807) is 22.4 Å². The summed E-state index contributed by atoms with van der Waals surface area (Å²) in [6.07, 6.45) is 1.88. The summed E-state index contributed by atoms with van der Waals surface area (Å²) in [5, 5.41) is 5.00. The highest BCUT2D eigenvalue weighted by molar-refractivity contribution is 7.10. The van der Waals surface area contributed by atoms with Crippen molar-refractivity contribution < 1.29 is 9.59 Å². The van der Waals surface area contributed by atoms with E-state index in [0.29, 0.717) is 5.69 Å². The van der Waals surface area contributed by atoms with E-state index >= 15 is 0 Å². The van der Waals surface area contributed by atoms with E-state index in [0.717, 1.165) is 48.1 Å². The number of anilines is 3. The van der Waals surface area contributed by atoms with Gasteiger partial charge in [-0.2, -0.15) is 0 Å². The van der Waals surface area contributed by atoms with Gasteiger partial charge in [-0.15, -0.1) is 11.3 Å². The Labute approximate surface area is 204 Å². The van der Waals surface area contributed by atoms with Crippen molar-refractivity contribution in [3.05, 3.63) is 70.5 Å². The predicted molar refractivity (Wildman–Crippen MR) is 136 cm³/mol. The molecule has 0 saturated carbocycles. The fraction of sp³-hybridized carbons (Fsp3) is 0.346. The van der Waals surface area contributed by atoms with Crippen molar-refractivity contribution in [3.8, 4) is 0 Å². The van der Waals surface area contributed by atoms with Crippen LogP contribution in [0.2, 0.25) is 0 Å². The van der Waals surface area contributed by atoms with Crippen molar-refractivity contribution in [2.75, 3.05) is 48.3 Å². The third-order valence-corrected chi connectivity index (χ3v) is 7.59. The molecule has 0 aliphatic carbocycles. The van der Waals surface area contributed by atoms with Gasteiger partial charge in [-0.1, -0.05) is 23.8 Å². The Morgan fingerprint density at radius 2 is 1.82 bits per heavy atom. The van der Waals surface area contributed by atoms with Crippen LogP contribution in [0.4, 0.5) is 17.2 Å². The van der Waals surface area contributed by atoms with Gasteiger partial charge in [0, 0.05) is 43.2 Å². The van der Waals surface area contributed by atoms with Crippen molar-refractivity contribution >= 4 is 40.3 Å². The number of thiophene rings is 1. The van der Waals surface area contributed by atoms with Crippen LogP contribution in [0.25, 0.3) is 0 Å². The van der Waals surface area contributed by atoms with Crippen molar-refractivity contribution in [1.29, 1.82) is 0 Å². The van der Waals surface area contributed by atoms with Gasteiger partial charge in [0.2, 0.25) is 11.8 Å². The number of hydrogen-bond acceptors (Lipinski definition) is 6. The molecule has 1 N–H and O–H groups in total. The summed E-state index contributed by atoms with van der Waals surface area (Å²) < 4.78 is 0. The number of likely N-dealkylation sites (N-methyl/N-ethyl adjacent to an activating group) is 1. The molecule has 2 aliphatic heterocycles. The van der Waals surface area contributed by atoms with Gasteiger partial charge in [-0.05, 0) is 49.7 Å². The summed E-state index contributed by atoms with van der Waals surface area (Å²) in [7, 11) is 2.13. The van der Waals surface area contributed by atoms with Crippen LogP contribution in [0, 0.1) is 12.8 Å².